The standard InChI is InChI=1S/C10H19N3O3/c1-3-6(2)8(12-10(11)16)9(15)13-4-7(14)5-13/h6-8,14H,3-5H2,1-2H3,(H3,11,12,16). The number of nitrogens with one attached hydrogen (secondary N) is 1. The zero-order valence-corrected chi connectivity index (χ0v) is 9.64. The summed E-state index contributed by atoms with van der Waals surface area (Å²) < 4.78 is 0. The van der Waals surface area contributed by atoms with Gasteiger partial charge >= 0.3 is 6.03 Å². The van der Waals surface area contributed by atoms with Crippen molar-refractivity contribution in [3.05, 3.63) is 0 Å². The van der Waals surface area contributed by atoms with Crippen molar-refractivity contribution in [2.75, 3.05) is 13.1 Å². The minimum Gasteiger partial charge on any atom is -0.389 e. The first-order valence-electron chi connectivity index (χ1n) is 5.48. The van der Waals surface area contributed by atoms with E-state index in [0.717, 1.165) is 6.42 Å². The first-order valence-corrected chi connectivity index (χ1v) is 5.48. The van der Waals surface area contributed by atoms with Crippen LogP contribution in [0.3, 0.4) is 0 Å². The minimum atomic E-state index is -0.695. The molecule has 6 nitrogen and oxygen atoms in total. The molecule has 0 aliphatic carbocycles. The Morgan fingerprint density at radius 2 is 2.12 bits per heavy atom. The third kappa shape index (κ3) is 2.85. The molecular formula is C10H19N3O3. The summed E-state index contributed by atoms with van der Waals surface area (Å²) in [5, 5.41) is 11.6. The lowest BCUT2D eigenvalue weighted by molar-refractivity contribution is -0.144. The van der Waals surface area contributed by atoms with Crippen molar-refractivity contribution in [1.29, 1.82) is 0 Å². The molecular weight excluding hydrogens is 210 g/mol. The van der Waals surface area contributed by atoms with Crippen LogP contribution in [-0.2, 0) is 4.79 Å². The van der Waals surface area contributed by atoms with E-state index in [-0.39, 0.29) is 11.8 Å². The van der Waals surface area contributed by atoms with E-state index in [1.807, 2.05) is 13.8 Å². The highest BCUT2D eigenvalue weighted by Gasteiger charge is 2.35. The number of nitrogens with two attached hydrogens (primary N) is 1. The lowest BCUT2D eigenvalue weighted by Gasteiger charge is -2.39. The van der Waals surface area contributed by atoms with Crippen molar-refractivity contribution in [2.24, 2.45) is 11.7 Å². The highest BCUT2D eigenvalue weighted by molar-refractivity contribution is 5.87. The Labute approximate surface area is 94.8 Å². The van der Waals surface area contributed by atoms with Crippen LogP contribution in [0, 0.1) is 5.92 Å². The summed E-state index contributed by atoms with van der Waals surface area (Å²) in [5.74, 6) is -0.142. The summed E-state index contributed by atoms with van der Waals surface area (Å²) in [7, 11) is 0. The highest BCUT2D eigenvalue weighted by atomic mass is 16.3. The summed E-state index contributed by atoms with van der Waals surface area (Å²) in [6.07, 6.45) is 0.336. The largest absolute Gasteiger partial charge is 0.389 e. The van der Waals surface area contributed by atoms with Gasteiger partial charge in [-0.3, -0.25) is 4.79 Å². The van der Waals surface area contributed by atoms with E-state index in [4.69, 9.17) is 10.8 Å². The number of likely N-dealkylation sites (tertiary alicyclic amines) is 1. The van der Waals surface area contributed by atoms with E-state index >= 15 is 0 Å². The van der Waals surface area contributed by atoms with Crippen LogP contribution in [0.2, 0.25) is 0 Å². The average molecular weight is 229 g/mol. The third-order valence-electron chi connectivity index (χ3n) is 2.95. The third-order valence-corrected chi connectivity index (χ3v) is 2.95. The van der Waals surface area contributed by atoms with Gasteiger partial charge in [-0.2, -0.15) is 0 Å². The maximum absolute atomic E-state index is 12.0. The van der Waals surface area contributed by atoms with Gasteiger partial charge in [-0.15, -0.1) is 0 Å². The number of rotatable bonds is 4. The van der Waals surface area contributed by atoms with Crippen LogP contribution in [-0.4, -0.2) is 47.2 Å². The Kier molecular flexibility index (Phi) is 4.12. The number of aliphatic hydroxyl groups is 1. The van der Waals surface area contributed by atoms with Crippen molar-refractivity contribution in [1.82, 2.24) is 10.2 Å². The molecule has 1 fully saturated rings. The van der Waals surface area contributed by atoms with Crippen molar-refractivity contribution in [3.63, 3.8) is 0 Å². The molecule has 0 saturated carbocycles. The number of carbonyl (C=O) groups excluding carboxylic acids is 2. The molecule has 0 aromatic rings. The van der Waals surface area contributed by atoms with E-state index in [9.17, 15) is 9.59 Å². The zero-order valence-electron chi connectivity index (χ0n) is 9.64. The Morgan fingerprint density at radius 1 is 1.56 bits per heavy atom. The van der Waals surface area contributed by atoms with Crippen molar-refractivity contribution < 1.29 is 14.7 Å². The molecule has 0 spiro atoms. The van der Waals surface area contributed by atoms with Gasteiger partial charge in [-0.25, -0.2) is 4.79 Å². The molecule has 0 radical (unpaired) electrons. The van der Waals surface area contributed by atoms with E-state index in [0.29, 0.717) is 13.1 Å². The molecule has 6 heteroatoms. The van der Waals surface area contributed by atoms with Crippen LogP contribution in [0.4, 0.5) is 4.79 Å². The molecule has 92 valence electrons. The Hall–Kier alpha value is -1.30. The zero-order chi connectivity index (χ0) is 12.3. The summed E-state index contributed by atoms with van der Waals surface area (Å²) in [6.45, 7) is 4.51. The van der Waals surface area contributed by atoms with Gasteiger partial charge in [0.05, 0.1) is 6.10 Å². The lowest BCUT2D eigenvalue weighted by atomic mass is 9.96. The summed E-state index contributed by atoms with van der Waals surface area (Å²) >= 11 is 0. The smallest absolute Gasteiger partial charge is 0.312 e. The molecule has 16 heavy (non-hydrogen) atoms. The number of nitrogens with zero attached hydrogens (tertiary/aromatic N) is 1. The molecule has 0 aromatic carbocycles. The fourth-order valence-electron chi connectivity index (χ4n) is 1.67. The number of primary amides is 1. The number of amides is 3. The maximum Gasteiger partial charge on any atom is 0.312 e. The van der Waals surface area contributed by atoms with Crippen LogP contribution in [0.5, 0.6) is 0 Å². The van der Waals surface area contributed by atoms with Gasteiger partial charge in [-0.05, 0) is 5.92 Å². The molecule has 3 amide bonds. The van der Waals surface area contributed by atoms with Gasteiger partial charge in [0.1, 0.15) is 6.04 Å². The van der Waals surface area contributed by atoms with E-state index < -0.39 is 18.2 Å². The predicted octanol–water partition coefficient (Wildman–Crippen LogP) is -0.727. The number of carbonyl (C=O) groups is 2. The minimum absolute atomic E-state index is 0.0257. The number of aliphatic hydroxyl groups excluding tert-OH is 1. The maximum atomic E-state index is 12.0. The van der Waals surface area contributed by atoms with E-state index in [1.165, 1.54) is 4.90 Å². The number of β-amino-alcohol motifs (C(OH)–C–C–N with tert-alkyl or cyclic N) is 1. The molecule has 0 bridgehead atoms. The van der Waals surface area contributed by atoms with Crippen LogP contribution < -0.4 is 11.1 Å². The highest BCUT2D eigenvalue weighted by Crippen LogP contribution is 2.15. The van der Waals surface area contributed by atoms with Gasteiger partial charge in [0.2, 0.25) is 5.91 Å². The number of hydrogen-bond acceptors (Lipinski definition) is 3. The van der Waals surface area contributed by atoms with Gasteiger partial charge in [-0.1, -0.05) is 20.3 Å². The van der Waals surface area contributed by atoms with Crippen LogP contribution in [0.1, 0.15) is 20.3 Å². The van der Waals surface area contributed by atoms with Crippen molar-refractivity contribution in [2.45, 2.75) is 32.4 Å². The van der Waals surface area contributed by atoms with Crippen molar-refractivity contribution >= 4 is 11.9 Å². The normalized spacial score (nSPS) is 19.8. The fourth-order valence-corrected chi connectivity index (χ4v) is 1.67. The monoisotopic (exact) mass is 229 g/mol. The average Bonchev–Trinajstić information content (AvgIpc) is 2.19. The molecule has 1 aliphatic rings. The van der Waals surface area contributed by atoms with E-state index in [1.54, 1.807) is 0 Å². The van der Waals surface area contributed by atoms with E-state index in [2.05, 4.69) is 5.32 Å². The molecule has 1 aliphatic heterocycles. The molecule has 2 unspecified atom stereocenters. The predicted molar refractivity (Wildman–Crippen MR) is 58.5 cm³/mol. The molecule has 2 atom stereocenters. The molecule has 1 rings (SSSR count). The Morgan fingerprint density at radius 3 is 2.50 bits per heavy atom. The van der Waals surface area contributed by atoms with Crippen molar-refractivity contribution in [3.8, 4) is 0 Å². The molecule has 1 saturated heterocycles. The van der Waals surface area contributed by atoms with Gasteiger partial charge < -0.3 is 21.1 Å². The quantitative estimate of drug-likeness (QED) is 0.593. The van der Waals surface area contributed by atoms with Crippen LogP contribution >= 0.6 is 0 Å². The summed E-state index contributed by atoms with van der Waals surface area (Å²) in [4.78, 5) is 24.3. The first-order chi connectivity index (χ1) is 7.45. The number of hydrogen-bond donors (Lipinski definition) is 3. The summed E-state index contributed by atoms with van der Waals surface area (Å²) in [5.41, 5.74) is 5.04. The second kappa shape index (κ2) is 5.16. The second-order valence-electron chi connectivity index (χ2n) is 4.27. The Balaban J connectivity index is 2.60. The Bertz CT molecular complexity index is 276. The van der Waals surface area contributed by atoms with Crippen LogP contribution in [0.25, 0.3) is 0 Å². The van der Waals surface area contributed by atoms with Gasteiger partial charge in [0.25, 0.3) is 0 Å². The summed E-state index contributed by atoms with van der Waals surface area (Å²) in [6, 6.07) is -1.28. The molecule has 4 N–H and O–H groups in total. The fraction of sp³-hybridized carbons (Fsp3) is 0.800. The second-order valence-corrected chi connectivity index (χ2v) is 4.27. The van der Waals surface area contributed by atoms with Gasteiger partial charge in [0, 0.05) is 13.1 Å². The van der Waals surface area contributed by atoms with Gasteiger partial charge in [0.15, 0.2) is 0 Å². The lowest BCUT2D eigenvalue weighted by Crippen LogP contribution is -2.61. The SMILES string of the molecule is CCC(C)C(NC(N)=O)C(=O)N1CC(O)C1. The molecule has 0 aromatic heterocycles. The first kappa shape index (κ1) is 12.8. The topological polar surface area (TPSA) is 95.7 Å². The van der Waals surface area contributed by atoms with Crippen LogP contribution in [0.15, 0.2) is 0 Å². The number of urea groups is 1. The molecule has 1 heterocycles.